The lowest BCUT2D eigenvalue weighted by molar-refractivity contribution is 0.800. The van der Waals surface area contributed by atoms with E-state index >= 15 is 0 Å². The Kier molecular flexibility index (Phi) is 2.14. The van der Waals surface area contributed by atoms with Crippen LogP contribution in [0.25, 0.3) is 5.69 Å². The van der Waals surface area contributed by atoms with Crippen molar-refractivity contribution in [3.8, 4) is 5.69 Å². The van der Waals surface area contributed by atoms with E-state index in [9.17, 15) is 4.79 Å². The van der Waals surface area contributed by atoms with Crippen LogP contribution < -0.4 is 5.56 Å². The first-order valence-electron chi connectivity index (χ1n) is 5.32. The smallest absolute Gasteiger partial charge is 0.264 e. The zero-order valence-electron chi connectivity index (χ0n) is 8.61. The number of nitrogens with zero attached hydrogens (tertiary/aromatic N) is 1. The van der Waals surface area contributed by atoms with Gasteiger partial charge in [0.05, 0.1) is 5.69 Å². The number of aromatic nitrogens is 2. The molecule has 1 saturated carbocycles. The zero-order valence-corrected chi connectivity index (χ0v) is 9.37. The minimum atomic E-state index is -0.0446. The Hall–Kier alpha value is -1.48. The van der Waals surface area contributed by atoms with Crippen LogP contribution >= 0.6 is 11.6 Å². The number of benzene rings is 1. The molecule has 0 bridgehead atoms. The van der Waals surface area contributed by atoms with Crippen LogP contribution in [0.1, 0.15) is 24.5 Å². The number of aromatic amines is 1. The Bertz CT molecular complexity index is 563. The first-order chi connectivity index (χ1) is 7.74. The van der Waals surface area contributed by atoms with Crippen LogP contribution in [0, 0.1) is 0 Å². The summed E-state index contributed by atoms with van der Waals surface area (Å²) in [6, 6.07) is 9.15. The van der Waals surface area contributed by atoms with Crippen molar-refractivity contribution in [2.75, 3.05) is 0 Å². The predicted octanol–water partition coefficient (Wildman–Crippen LogP) is 2.70. The highest BCUT2D eigenvalue weighted by Crippen LogP contribution is 2.40. The van der Waals surface area contributed by atoms with Crippen LogP contribution in [0.3, 0.4) is 0 Å². The van der Waals surface area contributed by atoms with Crippen LogP contribution in [-0.2, 0) is 0 Å². The predicted molar refractivity (Wildman–Crippen MR) is 63.4 cm³/mol. The quantitative estimate of drug-likeness (QED) is 0.853. The molecule has 0 atom stereocenters. The lowest BCUT2D eigenvalue weighted by Gasteiger charge is -2.07. The van der Waals surface area contributed by atoms with E-state index in [1.807, 2.05) is 28.9 Å². The summed E-state index contributed by atoms with van der Waals surface area (Å²) in [7, 11) is 0. The maximum absolute atomic E-state index is 11.4. The van der Waals surface area contributed by atoms with Gasteiger partial charge in [0.25, 0.3) is 5.56 Å². The summed E-state index contributed by atoms with van der Waals surface area (Å²) >= 11 is 5.84. The molecule has 1 aromatic carbocycles. The molecular formula is C12H11ClN2O. The van der Waals surface area contributed by atoms with E-state index < -0.39 is 0 Å². The Morgan fingerprint density at radius 2 is 1.94 bits per heavy atom. The highest BCUT2D eigenvalue weighted by Gasteiger charge is 2.27. The SMILES string of the molecule is O=c1cc(C2CC2)n(-c2ccc(Cl)cc2)[nH]1. The second-order valence-electron chi connectivity index (χ2n) is 4.13. The molecule has 0 radical (unpaired) electrons. The molecule has 2 aromatic rings. The summed E-state index contributed by atoms with van der Waals surface area (Å²) in [6.45, 7) is 0. The highest BCUT2D eigenvalue weighted by atomic mass is 35.5. The molecule has 1 heterocycles. The third kappa shape index (κ3) is 1.67. The van der Waals surface area contributed by atoms with Crippen LogP contribution in [0.15, 0.2) is 35.1 Å². The largest absolute Gasteiger partial charge is 0.268 e. The van der Waals surface area contributed by atoms with Gasteiger partial charge < -0.3 is 0 Å². The van der Waals surface area contributed by atoms with Gasteiger partial charge in [0.1, 0.15) is 0 Å². The molecule has 0 saturated heterocycles. The topological polar surface area (TPSA) is 37.8 Å². The molecule has 0 spiro atoms. The van der Waals surface area contributed by atoms with Crippen LogP contribution in [-0.4, -0.2) is 9.78 Å². The molecule has 0 aliphatic heterocycles. The van der Waals surface area contributed by atoms with Crippen molar-refractivity contribution in [2.45, 2.75) is 18.8 Å². The summed E-state index contributed by atoms with van der Waals surface area (Å²) in [5.74, 6) is 0.537. The van der Waals surface area contributed by atoms with Crippen LogP contribution in [0.5, 0.6) is 0 Å². The van der Waals surface area contributed by atoms with Gasteiger partial charge in [-0.05, 0) is 37.1 Å². The van der Waals surface area contributed by atoms with Crippen molar-refractivity contribution in [1.29, 1.82) is 0 Å². The Balaban J connectivity index is 2.11. The fourth-order valence-electron chi connectivity index (χ4n) is 1.89. The first kappa shape index (κ1) is 9.73. The number of hydrogen-bond acceptors (Lipinski definition) is 1. The van der Waals surface area contributed by atoms with Gasteiger partial charge in [0.2, 0.25) is 0 Å². The van der Waals surface area contributed by atoms with Crippen molar-refractivity contribution in [3.05, 3.63) is 51.4 Å². The molecule has 0 amide bonds. The van der Waals surface area contributed by atoms with E-state index in [2.05, 4.69) is 5.10 Å². The van der Waals surface area contributed by atoms with E-state index in [1.54, 1.807) is 6.07 Å². The number of rotatable bonds is 2. The van der Waals surface area contributed by atoms with Gasteiger partial charge in [0, 0.05) is 22.7 Å². The fourth-order valence-corrected chi connectivity index (χ4v) is 2.02. The van der Waals surface area contributed by atoms with Gasteiger partial charge >= 0.3 is 0 Å². The zero-order chi connectivity index (χ0) is 11.1. The third-order valence-corrected chi connectivity index (χ3v) is 3.09. The van der Waals surface area contributed by atoms with Crippen molar-refractivity contribution in [3.63, 3.8) is 0 Å². The van der Waals surface area contributed by atoms with Crippen LogP contribution in [0.2, 0.25) is 5.02 Å². The minimum Gasteiger partial charge on any atom is -0.268 e. The molecule has 82 valence electrons. The van der Waals surface area contributed by atoms with E-state index in [-0.39, 0.29) is 5.56 Å². The Morgan fingerprint density at radius 1 is 1.25 bits per heavy atom. The molecule has 16 heavy (non-hydrogen) atoms. The molecule has 1 aliphatic carbocycles. The number of H-pyrrole nitrogens is 1. The van der Waals surface area contributed by atoms with Gasteiger partial charge in [-0.3, -0.25) is 14.6 Å². The summed E-state index contributed by atoms with van der Waals surface area (Å²) in [5, 5.41) is 3.52. The molecule has 1 aliphatic rings. The second kappa shape index (κ2) is 3.52. The molecule has 3 rings (SSSR count). The van der Waals surface area contributed by atoms with Crippen molar-refractivity contribution in [2.24, 2.45) is 0 Å². The fraction of sp³-hybridized carbons (Fsp3) is 0.250. The lowest BCUT2D eigenvalue weighted by atomic mass is 10.2. The summed E-state index contributed by atoms with van der Waals surface area (Å²) in [5.41, 5.74) is 1.98. The molecule has 0 unspecified atom stereocenters. The Labute approximate surface area is 97.6 Å². The lowest BCUT2D eigenvalue weighted by Crippen LogP contribution is -2.04. The molecule has 1 aromatic heterocycles. The molecular weight excluding hydrogens is 224 g/mol. The van der Waals surface area contributed by atoms with E-state index in [4.69, 9.17) is 11.6 Å². The second-order valence-corrected chi connectivity index (χ2v) is 4.57. The van der Waals surface area contributed by atoms with Gasteiger partial charge in [-0.1, -0.05) is 11.6 Å². The summed E-state index contributed by atoms with van der Waals surface area (Å²) < 4.78 is 1.86. The van der Waals surface area contributed by atoms with Crippen molar-refractivity contribution >= 4 is 11.6 Å². The van der Waals surface area contributed by atoms with Gasteiger partial charge in [-0.25, -0.2) is 0 Å². The van der Waals surface area contributed by atoms with Gasteiger partial charge in [-0.15, -0.1) is 0 Å². The number of hydrogen-bond donors (Lipinski definition) is 1. The minimum absolute atomic E-state index is 0.0446. The van der Waals surface area contributed by atoms with Crippen molar-refractivity contribution < 1.29 is 0 Å². The van der Waals surface area contributed by atoms with E-state index in [0.29, 0.717) is 10.9 Å². The normalized spacial score (nSPS) is 15.3. The van der Waals surface area contributed by atoms with Gasteiger partial charge in [0.15, 0.2) is 0 Å². The standard InChI is InChI=1S/C12H11ClN2O/c13-9-3-5-10(6-4-9)15-11(8-1-2-8)7-12(16)14-15/h3-8H,1-2H2,(H,14,16). The maximum Gasteiger partial charge on any atom is 0.264 e. The highest BCUT2D eigenvalue weighted by molar-refractivity contribution is 6.30. The van der Waals surface area contributed by atoms with E-state index in [1.165, 1.54) is 12.8 Å². The first-order valence-corrected chi connectivity index (χ1v) is 5.70. The number of halogens is 1. The van der Waals surface area contributed by atoms with Gasteiger partial charge in [-0.2, -0.15) is 0 Å². The molecule has 1 N–H and O–H groups in total. The molecule has 4 heteroatoms. The number of nitrogens with one attached hydrogen (secondary N) is 1. The molecule has 3 nitrogen and oxygen atoms in total. The van der Waals surface area contributed by atoms with Crippen LogP contribution in [0.4, 0.5) is 0 Å². The van der Waals surface area contributed by atoms with Crippen molar-refractivity contribution in [1.82, 2.24) is 9.78 Å². The average molecular weight is 235 g/mol. The third-order valence-electron chi connectivity index (χ3n) is 2.84. The average Bonchev–Trinajstić information content (AvgIpc) is 3.04. The monoisotopic (exact) mass is 234 g/mol. The summed E-state index contributed by atoms with van der Waals surface area (Å²) in [6.07, 6.45) is 2.34. The molecule has 1 fully saturated rings. The summed E-state index contributed by atoms with van der Waals surface area (Å²) in [4.78, 5) is 11.4. The van der Waals surface area contributed by atoms with E-state index in [0.717, 1.165) is 11.4 Å². The Morgan fingerprint density at radius 3 is 2.56 bits per heavy atom. The maximum atomic E-state index is 11.4.